The Morgan fingerprint density at radius 2 is 1.70 bits per heavy atom. The molecule has 0 aliphatic carbocycles. The van der Waals surface area contributed by atoms with Gasteiger partial charge in [0.25, 0.3) is 5.69 Å². The normalized spacial score (nSPS) is 11.8. The van der Waals surface area contributed by atoms with Crippen molar-refractivity contribution in [3.63, 3.8) is 0 Å². The maximum absolute atomic E-state index is 12.6. The van der Waals surface area contributed by atoms with Gasteiger partial charge in [0.05, 0.1) is 29.9 Å². The molecule has 2 aromatic carbocycles. The van der Waals surface area contributed by atoms with Crippen LogP contribution in [0.4, 0.5) is 5.69 Å². The van der Waals surface area contributed by atoms with Crippen molar-refractivity contribution >= 4 is 23.4 Å². The second-order valence-electron chi connectivity index (χ2n) is 6.90. The van der Waals surface area contributed by atoms with Crippen LogP contribution in [0, 0.1) is 16.0 Å². The molecule has 1 amide bonds. The number of carbonyl (C=O) groups is 1. The first kappa shape index (κ1) is 23.5. The van der Waals surface area contributed by atoms with E-state index in [1.807, 2.05) is 45.9 Å². The molecule has 2 aromatic rings. The van der Waals surface area contributed by atoms with E-state index in [2.05, 4.69) is 5.32 Å². The van der Waals surface area contributed by atoms with Crippen LogP contribution in [0.25, 0.3) is 0 Å². The summed E-state index contributed by atoms with van der Waals surface area (Å²) in [4.78, 5) is 23.7. The molecule has 1 N–H and O–H groups in total. The number of ether oxygens (including phenoxy) is 2. The average molecular weight is 433 g/mol. The van der Waals surface area contributed by atoms with Crippen LogP contribution in [0.5, 0.6) is 11.5 Å². The predicted octanol–water partition coefficient (Wildman–Crippen LogP) is 5.00. The maximum Gasteiger partial charge on any atom is 0.269 e. The number of nitrogens with zero attached hydrogens (tertiary/aromatic N) is 1. The van der Waals surface area contributed by atoms with Crippen molar-refractivity contribution in [2.75, 3.05) is 19.0 Å². The van der Waals surface area contributed by atoms with E-state index >= 15 is 0 Å². The number of amides is 1. The Kier molecular flexibility index (Phi) is 8.98. The molecule has 0 fully saturated rings. The molecule has 1 unspecified atom stereocenters. The van der Waals surface area contributed by atoms with Gasteiger partial charge in [0, 0.05) is 17.0 Å². The number of hydrogen-bond donors (Lipinski definition) is 1. The number of nitro groups is 1. The lowest BCUT2D eigenvalue weighted by atomic mass is 9.95. The monoisotopic (exact) mass is 432 g/mol. The van der Waals surface area contributed by atoms with E-state index in [1.54, 1.807) is 12.1 Å². The molecule has 8 heteroatoms. The topological polar surface area (TPSA) is 90.7 Å². The summed E-state index contributed by atoms with van der Waals surface area (Å²) in [5, 5.41) is 13.8. The summed E-state index contributed by atoms with van der Waals surface area (Å²) >= 11 is 1.34. The van der Waals surface area contributed by atoms with Gasteiger partial charge in [0.2, 0.25) is 5.91 Å². The zero-order valence-electron chi connectivity index (χ0n) is 17.7. The summed E-state index contributed by atoms with van der Waals surface area (Å²) in [7, 11) is 0. The van der Waals surface area contributed by atoms with Crippen molar-refractivity contribution in [2.24, 2.45) is 5.92 Å². The summed E-state index contributed by atoms with van der Waals surface area (Å²) in [6.45, 7) is 9.00. The van der Waals surface area contributed by atoms with Crippen LogP contribution >= 0.6 is 11.8 Å². The molecule has 0 radical (unpaired) electrons. The lowest BCUT2D eigenvalue weighted by Gasteiger charge is -2.24. The van der Waals surface area contributed by atoms with Crippen molar-refractivity contribution in [3.8, 4) is 11.5 Å². The van der Waals surface area contributed by atoms with Gasteiger partial charge in [-0.3, -0.25) is 14.9 Å². The van der Waals surface area contributed by atoms with E-state index in [1.165, 1.54) is 23.9 Å². The number of non-ortho nitro benzene ring substituents is 1. The molecule has 0 aliphatic rings. The molecule has 1 atom stereocenters. The van der Waals surface area contributed by atoms with Gasteiger partial charge in [0.15, 0.2) is 11.5 Å². The van der Waals surface area contributed by atoms with E-state index < -0.39 is 4.92 Å². The van der Waals surface area contributed by atoms with Crippen LogP contribution in [0.1, 0.15) is 39.3 Å². The maximum atomic E-state index is 12.6. The van der Waals surface area contributed by atoms with Gasteiger partial charge in [-0.05, 0) is 49.6 Å². The smallest absolute Gasteiger partial charge is 0.269 e. The Morgan fingerprint density at radius 3 is 2.27 bits per heavy atom. The average Bonchev–Trinajstić information content (AvgIpc) is 2.72. The first-order valence-electron chi connectivity index (χ1n) is 9.91. The second-order valence-corrected chi connectivity index (χ2v) is 7.95. The zero-order chi connectivity index (χ0) is 22.1. The molecular formula is C22H28N2O5S. The third kappa shape index (κ3) is 6.66. The van der Waals surface area contributed by atoms with Gasteiger partial charge >= 0.3 is 0 Å². The molecule has 0 bridgehead atoms. The van der Waals surface area contributed by atoms with Gasteiger partial charge in [-0.25, -0.2) is 0 Å². The van der Waals surface area contributed by atoms with Crippen LogP contribution in [0.2, 0.25) is 0 Å². The molecule has 0 aromatic heterocycles. The highest BCUT2D eigenvalue weighted by atomic mass is 32.2. The van der Waals surface area contributed by atoms with Gasteiger partial charge in [-0.15, -0.1) is 11.8 Å². The van der Waals surface area contributed by atoms with E-state index in [-0.39, 0.29) is 29.3 Å². The minimum atomic E-state index is -0.443. The third-order valence-corrected chi connectivity index (χ3v) is 5.34. The summed E-state index contributed by atoms with van der Waals surface area (Å²) in [6.07, 6.45) is 0. The standard InChI is InChI=1S/C22H28N2O5S/c1-5-28-19-12-7-16(13-20(19)29-6-2)22(15(3)4)23-21(25)14-30-18-10-8-17(9-11-18)24(26)27/h7-13,15,22H,5-6,14H2,1-4H3,(H,23,25). The van der Waals surface area contributed by atoms with Crippen molar-refractivity contribution < 1.29 is 19.2 Å². The summed E-state index contributed by atoms with van der Waals surface area (Å²) in [6, 6.07) is 11.7. The summed E-state index contributed by atoms with van der Waals surface area (Å²) in [5.41, 5.74) is 0.981. The Balaban J connectivity index is 2.06. The first-order chi connectivity index (χ1) is 14.3. The Labute approximate surface area is 181 Å². The molecule has 30 heavy (non-hydrogen) atoms. The Morgan fingerprint density at radius 1 is 1.07 bits per heavy atom. The van der Waals surface area contributed by atoms with Gasteiger partial charge < -0.3 is 14.8 Å². The minimum absolute atomic E-state index is 0.0317. The number of nitrogens with one attached hydrogen (secondary N) is 1. The lowest BCUT2D eigenvalue weighted by molar-refractivity contribution is -0.384. The fourth-order valence-corrected chi connectivity index (χ4v) is 3.63. The predicted molar refractivity (Wildman–Crippen MR) is 118 cm³/mol. The Hall–Kier alpha value is -2.74. The highest BCUT2D eigenvalue weighted by Crippen LogP contribution is 2.33. The van der Waals surface area contributed by atoms with Crippen LogP contribution < -0.4 is 14.8 Å². The number of hydrogen-bond acceptors (Lipinski definition) is 6. The molecular weight excluding hydrogens is 404 g/mol. The minimum Gasteiger partial charge on any atom is -0.490 e. The summed E-state index contributed by atoms with van der Waals surface area (Å²) < 4.78 is 11.3. The van der Waals surface area contributed by atoms with Crippen molar-refractivity contribution in [1.82, 2.24) is 5.32 Å². The largest absolute Gasteiger partial charge is 0.490 e. The van der Waals surface area contributed by atoms with Crippen LogP contribution in [-0.4, -0.2) is 29.8 Å². The molecule has 0 aliphatic heterocycles. The Bertz CT molecular complexity index is 855. The number of benzene rings is 2. The molecule has 0 saturated heterocycles. The van der Waals surface area contributed by atoms with E-state index in [9.17, 15) is 14.9 Å². The van der Waals surface area contributed by atoms with Crippen molar-refractivity contribution in [2.45, 2.75) is 38.6 Å². The summed E-state index contributed by atoms with van der Waals surface area (Å²) in [5.74, 6) is 1.63. The van der Waals surface area contributed by atoms with Crippen molar-refractivity contribution in [1.29, 1.82) is 0 Å². The zero-order valence-corrected chi connectivity index (χ0v) is 18.5. The molecule has 0 spiro atoms. The van der Waals surface area contributed by atoms with E-state index in [0.29, 0.717) is 24.7 Å². The number of carbonyl (C=O) groups excluding carboxylic acids is 1. The molecule has 0 saturated carbocycles. The number of rotatable bonds is 11. The lowest BCUT2D eigenvalue weighted by Crippen LogP contribution is -2.33. The van der Waals surface area contributed by atoms with Gasteiger partial charge in [0.1, 0.15) is 0 Å². The fourth-order valence-electron chi connectivity index (χ4n) is 2.92. The fraction of sp³-hybridized carbons (Fsp3) is 0.409. The van der Waals surface area contributed by atoms with Crippen LogP contribution in [0.3, 0.4) is 0 Å². The first-order valence-corrected chi connectivity index (χ1v) is 10.9. The second kappa shape index (κ2) is 11.4. The molecule has 162 valence electrons. The molecule has 0 heterocycles. The van der Waals surface area contributed by atoms with Gasteiger partial charge in [-0.2, -0.15) is 0 Å². The van der Waals surface area contributed by atoms with Crippen LogP contribution in [-0.2, 0) is 4.79 Å². The number of nitro benzene ring substituents is 1. The van der Waals surface area contributed by atoms with Crippen LogP contribution in [0.15, 0.2) is 47.4 Å². The highest BCUT2D eigenvalue weighted by Gasteiger charge is 2.20. The SMILES string of the molecule is CCOc1ccc(C(NC(=O)CSc2ccc([N+](=O)[O-])cc2)C(C)C)cc1OCC. The van der Waals surface area contributed by atoms with E-state index in [0.717, 1.165) is 10.5 Å². The molecule has 7 nitrogen and oxygen atoms in total. The van der Waals surface area contributed by atoms with Gasteiger partial charge in [-0.1, -0.05) is 19.9 Å². The number of thioether (sulfide) groups is 1. The third-order valence-electron chi connectivity index (χ3n) is 4.33. The quantitative estimate of drug-likeness (QED) is 0.305. The van der Waals surface area contributed by atoms with Crippen molar-refractivity contribution in [3.05, 3.63) is 58.1 Å². The highest BCUT2D eigenvalue weighted by molar-refractivity contribution is 8.00. The van der Waals surface area contributed by atoms with E-state index in [4.69, 9.17) is 9.47 Å². The molecule has 2 rings (SSSR count).